The van der Waals surface area contributed by atoms with E-state index < -0.39 is 0 Å². The van der Waals surface area contributed by atoms with Gasteiger partial charge in [-0.15, -0.1) is 0 Å². The van der Waals surface area contributed by atoms with Gasteiger partial charge in [0.05, 0.1) is 24.8 Å². The molecule has 1 aromatic carbocycles. The lowest BCUT2D eigenvalue weighted by Gasteiger charge is -2.35. The number of rotatable bonds is 6. The van der Waals surface area contributed by atoms with Crippen molar-refractivity contribution in [1.29, 1.82) is 0 Å². The number of methoxy groups -OCH3 is 1. The Labute approximate surface area is 138 Å². The molecule has 5 heteroatoms. The molecule has 2 rings (SSSR count). The van der Waals surface area contributed by atoms with Crippen molar-refractivity contribution in [2.75, 3.05) is 33.4 Å². The normalized spacial score (nSPS) is 22.6. The Bertz CT molecular complexity index is 495. The van der Waals surface area contributed by atoms with Crippen molar-refractivity contribution < 1.29 is 14.6 Å². The van der Waals surface area contributed by atoms with Crippen LogP contribution in [0.2, 0.25) is 5.02 Å². The number of hydrogen-bond donors (Lipinski definition) is 1. The van der Waals surface area contributed by atoms with Crippen LogP contribution in [0.15, 0.2) is 12.1 Å². The molecule has 0 radical (unpaired) electrons. The molecule has 22 heavy (non-hydrogen) atoms. The van der Waals surface area contributed by atoms with Crippen molar-refractivity contribution in [1.82, 2.24) is 4.90 Å². The second-order valence-corrected chi connectivity index (χ2v) is 6.16. The summed E-state index contributed by atoms with van der Waals surface area (Å²) in [6.45, 7) is 7.58. The first-order chi connectivity index (χ1) is 10.6. The van der Waals surface area contributed by atoms with Gasteiger partial charge in [-0.25, -0.2) is 0 Å². The van der Waals surface area contributed by atoms with Crippen LogP contribution in [0.4, 0.5) is 0 Å². The Hall–Kier alpha value is -0.970. The highest BCUT2D eigenvalue weighted by Crippen LogP contribution is 2.37. The van der Waals surface area contributed by atoms with Gasteiger partial charge in [-0.05, 0) is 44.0 Å². The van der Waals surface area contributed by atoms with E-state index >= 15 is 0 Å². The summed E-state index contributed by atoms with van der Waals surface area (Å²) < 4.78 is 10.9. The fourth-order valence-corrected chi connectivity index (χ4v) is 3.40. The van der Waals surface area contributed by atoms with E-state index in [-0.39, 0.29) is 12.0 Å². The van der Waals surface area contributed by atoms with Gasteiger partial charge in [-0.2, -0.15) is 0 Å². The van der Waals surface area contributed by atoms with Gasteiger partial charge in [0.15, 0.2) is 11.5 Å². The summed E-state index contributed by atoms with van der Waals surface area (Å²) in [5, 5.41) is 10.8. The zero-order valence-corrected chi connectivity index (χ0v) is 14.4. The monoisotopic (exact) mass is 327 g/mol. The Morgan fingerprint density at radius 1 is 1.36 bits per heavy atom. The van der Waals surface area contributed by atoms with Gasteiger partial charge < -0.3 is 19.5 Å². The molecule has 124 valence electrons. The molecule has 1 saturated heterocycles. The van der Waals surface area contributed by atoms with Gasteiger partial charge >= 0.3 is 0 Å². The molecule has 0 saturated carbocycles. The molecule has 1 aromatic rings. The summed E-state index contributed by atoms with van der Waals surface area (Å²) in [5.74, 6) is 1.48. The maximum atomic E-state index is 10.3. The molecule has 1 aliphatic rings. The number of piperidine rings is 1. The number of likely N-dealkylation sites (tertiary alicyclic amines) is 1. The van der Waals surface area contributed by atoms with E-state index in [0.29, 0.717) is 23.1 Å². The second kappa shape index (κ2) is 8.04. The van der Waals surface area contributed by atoms with E-state index in [1.807, 2.05) is 19.1 Å². The van der Waals surface area contributed by atoms with Crippen molar-refractivity contribution in [2.24, 2.45) is 5.92 Å². The molecule has 0 spiro atoms. The van der Waals surface area contributed by atoms with Crippen molar-refractivity contribution in [3.63, 3.8) is 0 Å². The highest BCUT2D eigenvalue weighted by molar-refractivity contribution is 6.32. The molecule has 1 heterocycles. The molecule has 0 aromatic heterocycles. The number of nitrogens with zero attached hydrogens (tertiary/aromatic N) is 1. The van der Waals surface area contributed by atoms with Crippen LogP contribution in [0.5, 0.6) is 11.5 Å². The van der Waals surface area contributed by atoms with Gasteiger partial charge in [-0.1, -0.05) is 18.5 Å². The molecule has 2 unspecified atom stereocenters. The fraction of sp³-hybridized carbons (Fsp3) is 0.647. The van der Waals surface area contributed by atoms with Crippen LogP contribution in [-0.2, 0) is 6.42 Å². The molecule has 0 bridgehead atoms. The Kier molecular flexibility index (Phi) is 6.36. The van der Waals surface area contributed by atoms with Crippen molar-refractivity contribution in [2.45, 2.75) is 32.8 Å². The van der Waals surface area contributed by atoms with Crippen LogP contribution in [-0.4, -0.2) is 49.5 Å². The summed E-state index contributed by atoms with van der Waals surface area (Å²) in [4.78, 5) is 2.38. The lowest BCUT2D eigenvalue weighted by Crippen LogP contribution is -2.43. The number of ether oxygens (including phenoxy) is 2. The molecular formula is C17H26ClNO3. The third-order valence-electron chi connectivity index (χ3n) is 4.30. The number of benzene rings is 1. The predicted molar refractivity (Wildman–Crippen MR) is 89.1 cm³/mol. The van der Waals surface area contributed by atoms with Crippen LogP contribution in [0.3, 0.4) is 0 Å². The Balaban J connectivity index is 2.17. The number of hydrogen-bond acceptors (Lipinski definition) is 4. The zero-order valence-electron chi connectivity index (χ0n) is 13.6. The van der Waals surface area contributed by atoms with Gasteiger partial charge in [0, 0.05) is 19.0 Å². The zero-order chi connectivity index (χ0) is 16.1. The van der Waals surface area contributed by atoms with E-state index in [4.69, 9.17) is 21.1 Å². The van der Waals surface area contributed by atoms with Crippen LogP contribution < -0.4 is 9.47 Å². The van der Waals surface area contributed by atoms with Crippen LogP contribution >= 0.6 is 11.6 Å². The number of aliphatic hydroxyl groups is 1. The predicted octanol–water partition coefficient (Wildman–Crippen LogP) is 2.99. The lowest BCUT2D eigenvalue weighted by atomic mass is 9.88. The molecular weight excluding hydrogens is 302 g/mol. The first-order valence-corrected chi connectivity index (χ1v) is 8.36. The highest BCUT2D eigenvalue weighted by atomic mass is 35.5. The Morgan fingerprint density at radius 2 is 2.14 bits per heavy atom. The minimum Gasteiger partial charge on any atom is -0.491 e. The van der Waals surface area contributed by atoms with Gasteiger partial charge in [0.1, 0.15) is 0 Å². The average molecular weight is 328 g/mol. The van der Waals surface area contributed by atoms with Gasteiger partial charge in [-0.3, -0.25) is 0 Å². The van der Waals surface area contributed by atoms with E-state index in [0.717, 1.165) is 38.0 Å². The maximum absolute atomic E-state index is 10.3. The van der Waals surface area contributed by atoms with Crippen LogP contribution in [0.1, 0.15) is 25.8 Å². The summed E-state index contributed by atoms with van der Waals surface area (Å²) >= 11 is 6.30. The summed E-state index contributed by atoms with van der Waals surface area (Å²) in [6, 6.07) is 3.90. The minimum atomic E-state index is -0.251. The number of aliphatic hydroxyl groups excluding tert-OH is 1. The largest absolute Gasteiger partial charge is 0.491 e. The first-order valence-electron chi connectivity index (χ1n) is 7.98. The topological polar surface area (TPSA) is 41.9 Å². The number of halogens is 1. The third-order valence-corrected chi connectivity index (χ3v) is 4.58. The van der Waals surface area contributed by atoms with E-state index in [9.17, 15) is 5.11 Å². The molecule has 1 N–H and O–H groups in total. The van der Waals surface area contributed by atoms with Gasteiger partial charge in [0.2, 0.25) is 0 Å². The standard InChI is InChI=1S/C17H26ClNO3/c1-4-19-7-6-15(20)13(11-19)8-12-9-14(18)17(21-3)16(10-12)22-5-2/h9-10,13,15,20H,4-8,11H2,1-3H3. The third kappa shape index (κ3) is 4.06. The summed E-state index contributed by atoms with van der Waals surface area (Å²) in [5.41, 5.74) is 1.08. The highest BCUT2D eigenvalue weighted by Gasteiger charge is 2.27. The van der Waals surface area contributed by atoms with Crippen LogP contribution in [0, 0.1) is 5.92 Å². The van der Waals surface area contributed by atoms with E-state index in [2.05, 4.69) is 11.8 Å². The van der Waals surface area contributed by atoms with Crippen molar-refractivity contribution in [3.05, 3.63) is 22.7 Å². The van der Waals surface area contributed by atoms with Crippen molar-refractivity contribution >= 4 is 11.6 Å². The molecule has 4 nitrogen and oxygen atoms in total. The molecule has 2 atom stereocenters. The summed E-state index contributed by atoms with van der Waals surface area (Å²) in [7, 11) is 1.59. The SMILES string of the molecule is CCOc1cc(CC2CN(CC)CCC2O)cc(Cl)c1OC. The smallest absolute Gasteiger partial charge is 0.179 e. The van der Waals surface area contributed by atoms with Gasteiger partial charge in [0.25, 0.3) is 0 Å². The van der Waals surface area contributed by atoms with Crippen molar-refractivity contribution in [3.8, 4) is 11.5 Å². The fourth-order valence-electron chi connectivity index (χ4n) is 3.09. The van der Waals surface area contributed by atoms with E-state index in [1.54, 1.807) is 7.11 Å². The van der Waals surface area contributed by atoms with E-state index in [1.165, 1.54) is 0 Å². The maximum Gasteiger partial charge on any atom is 0.179 e. The first kappa shape index (κ1) is 17.4. The minimum absolute atomic E-state index is 0.229. The molecule has 1 aliphatic heterocycles. The summed E-state index contributed by atoms with van der Waals surface area (Å²) in [6.07, 6.45) is 1.38. The average Bonchev–Trinajstić information content (AvgIpc) is 2.50. The quantitative estimate of drug-likeness (QED) is 0.872. The molecule has 0 amide bonds. The second-order valence-electron chi connectivity index (χ2n) is 5.76. The molecule has 1 fully saturated rings. The lowest BCUT2D eigenvalue weighted by molar-refractivity contribution is 0.0290. The Morgan fingerprint density at radius 3 is 2.77 bits per heavy atom. The van der Waals surface area contributed by atoms with Crippen LogP contribution in [0.25, 0.3) is 0 Å². The molecule has 0 aliphatic carbocycles.